The minimum Gasteiger partial charge on any atom is -0.326 e. The number of aromatic amines is 1. The molecule has 162 valence electrons. The Morgan fingerprint density at radius 2 is 1.97 bits per heavy atom. The summed E-state index contributed by atoms with van der Waals surface area (Å²) in [5.41, 5.74) is 1.82. The third kappa shape index (κ3) is 4.51. The van der Waals surface area contributed by atoms with E-state index in [4.69, 9.17) is 11.6 Å². The van der Waals surface area contributed by atoms with Crippen molar-refractivity contribution in [2.24, 2.45) is 5.92 Å². The van der Waals surface area contributed by atoms with Gasteiger partial charge >= 0.3 is 0 Å². The molecule has 0 aliphatic carbocycles. The number of hydrogen-bond acceptors (Lipinski definition) is 4. The molecule has 1 aliphatic rings. The minimum absolute atomic E-state index is 0.109. The fourth-order valence-corrected chi connectivity index (χ4v) is 5.47. The maximum atomic E-state index is 13.2. The van der Waals surface area contributed by atoms with Gasteiger partial charge in [0.05, 0.1) is 10.8 Å². The minimum atomic E-state index is -3.78. The van der Waals surface area contributed by atoms with E-state index in [1.165, 1.54) is 16.4 Å². The number of rotatable bonds is 4. The lowest BCUT2D eigenvalue weighted by atomic mass is 9.98. The molecule has 1 atom stereocenters. The van der Waals surface area contributed by atoms with Gasteiger partial charge in [-0.1, -0.05) is 17.7 Å². The Hall–Kier alpha value is -2.68. The number of pyridine rings is 1. The third-order valence-corrected chi connectivity index (χ3v) is 7.80. The summed E-state index contributed by atoms with van der Waals surface area (Å²) in [6.07, 6.45) is 1.20. The number of benzene rings is 2. The SMILES string of the molecule is Cc1ccc(NC(=O)C2CCCN(S(=O)(=O)c3ccc4[nH]c(=O)ccc4c3)C2)cc1Cl. The van der Waals surface area contributed by atoms with E-state index in [1.54, 1.807) is 30.3 Å². The number of fused-ring (bicyclic) bond motifs is 1. The first-order chi connectivity index (χ1) is 14.7. The van der Waals surface area contributed by atoms with Crippen LogP contribution in [0.2, 0.25) is 5.02 Å². The highest BCUT2D eigenvalue weighted by Gasteiger charge is 2.33. The van der Waals surface area contributed by atoms with E-state index in [1.807, 2.05) is 13.0 Å². The average Bonchev–Trinajstić information content (AvgIpc) is 2.76. The summed E-state index contributed by atoms with van der Waals surface area (Å²) < 4.78 is 27.8. The van der Waals surface area contributed by atoms with Crippen molar-refractivity contribution < 1.29 is 13.2 Å². The Kier molecular flexibility index (Phi) is 5.88. The Balaban J connectivity index is 1.53. The first kappa shape index (κ1) is 21.5. The zero-order valence-corrected chi connectivity index (χ0v) is 18.5. The van der Waals surface area contributed by atoms with Crippen molar-refractivity contribution in [1.29, 1.82) is 0 Å². The highest BCUT2D eigenvalue weighted by Crippen LogP contribution is 2.27. The van der Waals surface area contributed by atoms with Crippen molar-refractivity contribution in [1.82, 2.24) is 9.29 Å². The molecule has 9 heteroatoms. The summed E-state index contributed by atoms with van der Waals surface area (Å²) >= 11 is 6.13. The number of carbonyl (C=O) groups excluding carboxylic acids is 1. The lowest BCUT2D eigenvalue weighted by Gasteiger charge is -2.31. The number of carbonyl (C=O) groups is 1. The second kappa shape index (κ2) is 8.45. The maximum Gasteiger partial charge on any atom is 0.248 e. The van der Waals surface area contributed by atoms with Crippen LogP contribution in [0.15, 0.2) is 58.2 Å². The molecule has 1 amide bonds. The molecular formula is C22H22ClN3O4S. The number of amides is 1. The summed E-state index contributed by atoms with van der Waals surface area (Å²) in [4.78, 5) is 27.0. The molecule has 0 spiro atoms. The average molecular weight is 460 g/mol. The fourth-order valence-electron chi connectivity index (χ4n) is 3.73. The van der Waals surface area contributed by atoms with Gasteiger partial charge in [0.25, 0.3) is 0 Å². The standard InChI is InChI=1S/C22H22ClN3O4S/c1-14-4-6-17(12-19(14)23)24-22(28)16-3-2-10-26(13-16)31(29,30)18-7-8-20-15(11-18)5-9-21(27)25-20/h4-9,11-12,16H,2-3,10,13H2,1H3,(H,24,28)(H,25,27). The smallest absolute Gasteiger partial charge is 0.248 e. The van der Waals surface area contributed by atoms with Crippen LogP contribution < -0.4 is 10.9 Å². The van der Waals surface area contributed by atoms with Crippen molar-refractivity contribution in [3.8, 4) is 0 Å². The van der Waals surface area contributed by atoms with Gasteiger partial charge in [-0.2, -0.15) is 4.31 Å². The van der Waals surface area contributed by atoms with Gasteiger partial charge in [-0.05, 0) is 67.1 Å². The lowest BCUT2D eigenvalue weighted by molar-refractivity contribution is -0.120. The zero-order chi connectivity index (χ0) is 22.2. The molecule has 3 aromatic rings. The molecule has 1 aromatic heterocycles. The van der Waals surface area contributed by atoms with E-state index in [9.17, 15) is 18.0 Å². The summed E-state index contributed by atoms with van der Waals surface area (Å²) in [7, 11) is -3.78. The second-order valence-corrected chi connectivity index (χ2v) is 10.1. The first-order valence-corrected chi connectivity index (χ1v) is 11.8. The number of H-pyrrole nitrogens is 1. The highest BCUT2D eigenvalue weighted by atomic mass is 35.5. The molecule has 7 nitrogen and oxygen atoms in total. The largest absolute Gasteiger partial charge is 0.326 e. The van der Waals surface area contributed by atoms with E-state index in [2.05, 4.69) is 10.3 Å². The predicted molar refractivity (Wildman–Crippen MR) is 121 cm³/mol. The van der Waals surface area contributed by atoms with Crippen LogP contribution in [-0.4, -0.2) is 36.7 Å². The van der Waals surface area contributed by atoms with Gasteiger partial charge in [-0.25, -0.2) is 8.42 Å². The monoisotopic (exact) mass is 459 g/mol. The number of sulfonamides is 1. The Morgan fingerprint density at radius 1 is 1.16 bits per heavy atom. The van der Waals surface area contributed by atoms with Gasteiger partial charge in [-0.3, -0.25) is 9.59 Å². The van der Waals surface area contributed by atoms with Crippen LogP contribution in [0.1, 0.15) is 18.4 Å². The number of nitrogens with zero attached hydrogens (tertiary/aromatic N) is 1. The fraction of sp³-hybridized carbons (Fsp3) is 0.273. The van der Waals surface area contributed by atoms with Gasteiger partial charge in [0.15, 0.2) is 0 Å². The number of aromatic nitrogens is 1. The number of aryl methyl sites for hydroxylation is 1. The molecule has 0 radical (unpaired) electrons. The van der Waals surface area contributed by atoms with Gasteiger partial charge in [0.1, 0.15) is 0 Å². The summed E-state index contributed by atoms with van der Waals surface area (Å²) in [6, 6.07) is 12.8. The van der Waals surface area contributed by atoms with Crippen LogP contribution >= 0.6 is 11.6 Å². The Morgan fingerprint density at radius 3 is 2.74 bits per heavy atom. The van der Waals surface area contributed by atoms with Gasteiger partial charge < -0.3 is 10.3 Å². The first-order valence-electron chi connectivity index (χ1n) is 9.94. The van der Waals surface area contributed by atoms with Crippen LogP contribution in [0, 0.1) is 12.8 Å². The van der Waals surface area contributed by atoms with Crippen molar-refractivity contribution in [2.75, 3.05) is 18.4 Å². The molecule has 0 saturated carbocycles. The number of hydrogen-bond donors (Lipinski definition) is 2. The highest BCUT2D eigenvalue weighted by molar-refractivity contribution is 7.89. The molecule has 1 fully saturated rings. The quantitative estimate of drug-likeness (QED) is 0.623. The van der Waals surface area contributed by atoms with Crippen molar-refractivity contribution in [2.45, 2.75) is 24.7 Å². The zero-order valence-electron chi connectivity index (χ0n) is 16.9. The molecular weight excluding hydrogens is 438 g/mol. The Labute approximate surface area is 185 Å². The summed E-state index contributed by atoms with van der Waals surface area (Å²) in [6.45, 7) is 2.34. The van der Waals surface area contributed by atoms with Gasteiger partial charge in [0.2, 0.25) is 21.5 Å². The summed E-state index contributed by atoms with van der Waals surface area (Å²) in [5, 5.41) is 4.03. The molecule has 4 rings (SSSR count). The van der Waals surface area contributed by atoms with Crippen LogP contribution in [0.4, 0.5) is 5.69 Å². The number of nitrogens with one attached hydrogen (secondary N) is 2. The van der Waals surface area contributed by atoms with E-state index < -0.39 is 15.9 Å². The molecule has 1 aliphatic heterocycles. The van der Waals surface area contributed by atoms with Crippen molar-refractivity contribution >= 4 is 44.1 Å². The van der Waals surface area contributed by atoms with Crippen LogP contribution in [-0.2, 0) is 14.8 Å². The number of anilines is 1. The van der Waals surface area contributed by atoms with E-state index in [0.29, 0.717) is 41.0 Å². The van der Waals surface area contributed by atoms with E-state index >= 15 is 0 Å². The Bertz CT molecular complexity index is 1320. The van der Waals surface area contributed by atoms with Gasteiger partial charge in [0, 0.05) is 35.4 Å². The summed E-state index contributed by atoms with van der Waals surface area (Å²) in [5.74, 6) is -0.684. The number of halogens is 1. The van der Waals surface area contributed by atoms with Crippen LogP contribution in [0.25, 0.3) is 10.9 Å². The van der Waals surface area contributed by atoms with Crippen LogP contribution in [0.5, 0.6) is 0 Å². The van der Waals surface area contributed by atoms with Crippen LogP contribution in [0.3, 0.4) is 0 Å². The molecule has 0 bridgehead atoms. The molecule has 2 aromatic carbocycles. The molecule has 2 heterocycles. The molecule has 1 saturated heterocycles. The van der Waals surface area contributed by atoms with Gasteiger partial charge in [-0.15, -0.1) is 0 Å². The normalized spacial score (nSPS) is 17.5. The maximum absolute atomic E-state index is 13.2. The third-order valence-electron chi connectivity index (χ3n) is 5.53. The van der Waals surface area contributed by atoms with Crippen molar-refractivity contribution in [3.05, 3.63) is 69.5 Å². The second-order valence-electron chi connectivity index (χ2n) is 7.73. The molecule has 2 N–H and O–H groups in total. The predicted octanol–water partition coefficient (Wildman–Crippen LogP) is 3.53. The van der Waals surface area contributed by atoms with E-state index in [-0.39, 0.29) is 22.9 Å². The molecule has 1 unspecified atom stereocenters. The van der Waals surface area contributed by atoms with Crippen molar-refractivity contribution in [3.63, 3.8) is 0 Å². The number of piperidine rings is 1. The molecule has 31 heavy (non-hydrogen) atoms. The lowest BCUT2D eigenvalue weighted by Crippen LogP contribution is -2.43. The topological polar surface area (TPSA) is 99.3 Å². The van der Waals surface area contributed by atoms with E-state index in [0.717, 1.165) is 5.56 Å².